The van der Waals surface area contributed by atoms with Crippen molar-refractivity contribution in [3.8, 4) is 33.9 Å². The standard InChI is InChI=1S/2C18H15P.3C10H8N2.2BF4.2Cu/c2*1-4-10-16(11-5-1)19(17-12-6-2-7-13-17)18-14-8-3-9-15-18;1-5-11-6-2-9(1)10-3-7-12-8-4-10;2*1-3-7-11-9(5-1)10-6-2-4-8-12-10;2*2-1(3,4)5;;/h2*1-15H;3*1-8H;;;;/q;;;;;2*-1;2*+1/p+2. The van der Waals surface area contributed by atoms with Gasteiger partial charge in [0.2, 0.25) is 0 Å². The molecule has 6 nitrogen and oxygen atoms in total. The average Bonchev–Trinajstić information content (AvgIpc) is 3.66. The smallest absolute Gasteiger partial charge is 0.418 e. The summed E-state index contributed by atoms with van der Waals surface area (Å²) in [6.07, 6.45) is 14.2. The molecule has 0 aliphatic heterocycles. The Bertz CT molecular complexity index is 2980. The first-order chi connectivity index (χ1) is 40.8. The van der Waals surface area contributed by atoms with Crippen molar-refractivity contribution < 1.29 is 68.7 Å². The molecule has 0 fully saturated rings. The Morgan fingerprint density at radius 1 is 0.209 bits per heavy atom. The molecule has 6 aromatic carbocycles. The number of hydrogen-bond donors (Lipinski definition) is 0. The van der Waals surface area contributed by atoms with Crippen molar-refractivity contribution in [3.05, 3.63) is 329 Å². The van der Waals surface area contributed by atoms with Crippen LogP contribution in [-0.2, 0) is 34.1 Å². The number of benzene rings is 6. The van der Waals surface area contributed by atoms with Gasteiger partial charge in [-0.2, -0.15) is 0 Å². The Morgan fingerprint density at radius 3 is 0.523 bits per heavy atom. The molecule has 0 aliphatic carbocycles. The van der Waals surface area contributed by atoms with Gasteiger partial charge in [0, 0.05) is 49.6 Å². The first-order valence-electron chi connectivity index (χ1n) is 26.1. The van der Waals surface area contributed by atoms with Gasteiger partial charge in [-0.05, 0) is 157 Å². The molecule has 0 unspecified atom stereocenters. The summed E-state index contributed by atoms with van der Waals surface area (Å²) in [6, 6.07) is 96.1. The van der Waals surface area contributed by atoms with Crippen LogP contribution in [0.15, 0.2) is 329 Å². The van der Waals surface area contributed by atoms with Crippen LogP contribution < -0.4 is 31.8 Å². The number of halogens is 8. The van der Waals surface area contributed by atoms with E-state index in [9.17, 15) is 34.5 Å². The maximum atomic E-state index is 9.75. The van der Waals surface area contributed by atoms with Crippen molar-refractivity contribution >= 4 is 62.2 Å². The predicted molar refractivity (Wildman–Crippen MR) is 336 cm³/mol. The van der Waals surface area contributed by atoms with Gasteiger partial charge in [-0.15, -0.1) is 0 Å². The SMILES string of the molecule is F[B-](F)(F)F.F[B-](F)(F)F.[Cu+].[Cu+].c1cc(-c2ccncc2)ccn1.c1ccc(-c2ccccn2)nc1.c1ccc(-c2ccccn2)nc1.c1ccc([PH+](c2ccccc2)c2ccccc2)cc1.c1ccc([PH+](c2ccccc2)c2ccccc2)cc1. The van der Waals surface area contributed by atoms with Crippen LogP contribution >= 0.6 is 15.8 Å². The zero-order valence-corrected chi connectivity index (χ0v) is 49.5. The average molecular weight is 1300 g/mol. The molecular formula is C66H56B2Cu2F8N6P2+2. The van der Waals surface area contributed by atoms with Crippen LogP contribution in [0.4, 0.5) is 34.5 Å². The first-order valence-corrected chi connectivity index (χ1v) is 29.1. The van der Waals surface area contributed by atoms with Crippen LogP contribution in [0.2, 0.25) is 0 Å². The Morgan fingerprint density at radius 2 is 0.372 bits per heavy atom. The number of rotatable bonds is 9. The van der Waals surface area contributed by atoms with Gasteiger partial charge in [0.25, 0.3) is 0 Å². The molecule has 0 bridgehead atoms. The number of aromatic nitrogens is 6. The van der Waals surface area contributed by atoms with Gasteiger partial charge in [-0.25, -0.2) is 0 Å². The molecule has 12 aromatic rings. The maximum absolute atomic E-state index is 9.75. The van der Waals surface area contributed by atoms with Crippen molar-refractivity contribution in [3.63, 3.8) is 0 Å². The molecule has 0 saturated heterocycles. The molecule has 0 amide bonds. The Hall–Kier alpha value is -8.31. The molecule has 0 aliphatic rings. The van der Waals surface area contributed by atoms with Gasteiger partial charge in [-0.1, -0.05) is 133 Å². The van der Waals surface area contributed by atoms with Gasteiger partial charge < -0.3 is 34.5 Å². The Labute approximate surface area is 520 Å². The van der Waals surface area contributed by atoms with Crippen LogP contribution in [0, 0.1) is 0 Å². The van der Waals surface area contributed by atoms with Crippen molar-refractivity contribution in [2.24, 2.45) is 0 Å². The third kappa shape index (κ3) is 27.6. The molecule has 0 atom stereocenters. The quantitative estimate of drug-likeness (QED) is 0.0814. The molecule has 442 valence electrons. The van der Waals surface area contributed by atoms with Crippen molar-refractivity contribution in [1.29, 1.82) is 0 Å². The van der Waals surface area contributed by atoms with Gasteiger partial charge in [0.1, 0.15) is 31.8 Å². The summed E-state index contributed by atoms with van der Waals surface area (Å²) in [5.41, 5.74) is 6.01. The van der Waals surface area contributed by atoms with E-state index in [-0.39, 0.29) is 34.1 Å². The second-order valence-electron chi connectivity index (χ2n) is 17.3. The van der Waals surface area contributed by atoms with E-state index < -0.39 is 30.4 Å². The molecular weight excluding hydrogens is 1240 g/mol. The zero-order valence-electron chi connectivity index (χ0n) is 45.6. The molecule has 86 heavy (non-hydrogen) atoms. The molecule has 20 heteroatoms. The fourth-order valence-electron chi connectivity index (χ4n) is 7.77. The van der Waals surface area contributed by atoms with E-state index in [0.717, 1.165) is 22.8 Å². The third-order valence-electron chi connectivity index (χ3n) is 11.3. The van der Waals surface area contributed by atoms with E-state index in [1.165, 1.54) is 43.0 Å². The number of hydrogen-bond acceptors (Lipinski definition) is 6. The van der Waals surface area contributed by atoms with E-state index in [4.69, 9.17) is 0 Å². The van der Waals surface area contributed by atoms with Crippen LogP contribution in [0.5, 0.6) is 0 Å². The van der Waals surface area contributed by atoms with Gasteiger partial charge >= 0.3 is 48.6 Å². The Kier molecular flexibility index (Phi) is 32.1. The van der Waals surface area contributed by atoms with Gasteiger partial charge in [0.05, 0.1) is 38.6 Å². The van der Waals surface area contributed by atoms with Crippen LogP contribution in [0.25, 0.3) is 33.9 Å². The van der Waals surface area contributed by atoms with Crippen molar-refractivity contribution in [1.82, 2.24) is 29.9 Å². The minimum atomic E-state index is -6.00. The predicted octanol–water partition coefficient (Wildman–Crippen LogP) is 15.4. The van der Waals surface area contributed by atoms with Gasteiger partial charge in [0.15, 0.2) is 0 Å². The van der Waals surface area contributed by atoms with Crippen molar-refractivity contribution in [2.45, 2.75) is 0 Å². The number of nitrogens with zero attached hydrogens (tertiary/aromatic N) is 6. The third-order valence-corrected chi connectivity index (χ3v) is 16.7. The first kappa shape index (κ1) is 70.2. The summed E-state index contributed by atoms with van der Waals surface area (Å²) in [5.74, 6) is 0. The van der Waals surface area contributed by atoms with E-state index in [1.54, 1.807) is 49.6 Å². The summed E-state index contributed by atoms with van der Waals surface area (Å²) in [6.45, 7) is 0. The minimum absolute atomic E-state index is 0. The summed E-state index contributed by atoms with van der Waals surface area (Å²) < 4.78 is 78.0. The maximum Gasteiger partial charge on any atom is 1.00 e. The molecule has 0 radical (unpaired) electrons. The van der Waals surface area contributed by atoms with E-state index in [1.807, 2.05) is 97.1 Å². The molecule has 0 spiro atoms. The molecule has 12 rings (SSSR count). The number of pyridine rings is 6. The second kappa shape index (κ2) is 39.3. The largest absolute Gasteiger partial charge is 1.00 e. The van der Waals surface area contributed by atoms with E-state index >= 15 is 0 Å². The molecule has 0 N–H and O–H groups in total. The van der Waals surface area contributed by atoms with Crippen molar-refractivity contribution in [2.75, 3.05) is 0 Å². The monoisotopic (exact) mass is 1290 g/mol. The summed E-state index contributed by atoms with van der Waals surface area (Å²) in [7, 11) is -13.8. The van der Waals surface area contributed by atoms with Crippen LogP contribution in [-0.4, -0.2) is 44.4 Å². The molecule has 0 saturated carbocycles. The zero-order chi connectivity index (χ0) is 59.5. The summed E-state index contributed by atoms with van der Waals surface area (Å²) in [4.78, 5) is 24.7. The van der Waals surface area contributed by atoms with E-state index in [2.05, 4.69) is 212 Å². The van der Waals surface area contributed by atoms with Gasteiger partial charge in [-0.3, -0.25) is 29.9 Å². The van der Waals surface area contributed by atoms with Crippen LogP contribution in [0.1, 0.15) is 0 Å². The fourth-order valence-corrected chi connectivity index (χ4v) is 12.9. The molecule has 6 aromatic heterocycles. The summed E-state index contributed by atoms with van der Waals surface area (Å²) in [5, 5.41) is 8.61. The Balaban J connectivity index is 0.000000223. The fraction of sp³-hybridized carbons (Fsp3) is 0. The minimum Gasteiger partial charge on any atom is -0.418 e. The summed E-state index contributed by atoms with van der Waals surface area (Å²) >= 11 is 0. The normalized spacial score (nSPS) is 10.1. The molecule has 6 heterocycles. The topological polar surface area (TPSA) is 77.3 Å². The van der Waals surface area contributed by atoms with E-state index in [0.29, 0.717) is 0 Å². The van der Waals surface area contributed by atoms with Crippen LogP contribution in [0.3, 0.4) is 0 Å². The second-order valence-corrected chi connectivity index (χ2v) is 22.2.